The zero-order chi connectivity index (χ0) is 15.1. The Labute approximate surface area is 126 Å². The number of thiophene rings is 1. The summed E-state index contributed by atoms with van der Waals surface area (Å²) in [4.78, 5) is 3.88. The summed E-state index contributed by atoms with van der Waals surface area (Å²) < 4.78 is 39.9. The lowest BCUT2D eigenvalue weighted by molar-refractivity contribution is -0.136. The molecule has 4 nitrogen and oxygen atoms in total. The van der Waals surface area contributed by atoms with Crippen molar-refractivity contribution < 1.29 is 13.2 Å². The van der Waals surface area contributed by atoms with Gasteiger partial charge in [0.25, 0.3) is 0 Å². The number of halogens is 5. The van der Waals surface area contributed by atoms with Gasteiger partial charge in [-0.2, -0.15) is 23.3 Å². The fourth-order valence-corrected chi connectivity index (χ4v) is 3.23. The summed E-state index contributed by atoms with van der Waals surface area (Å²) in [7, 11) is 0. The first-order chi connectivity index (χ1) is 9.21. The van der Waals surface area contributed by atoms with Crippen molar-refractivity contribution in [3.05, 3.63) is 20.6 Å². The van der Waals surface area contributed by atoms with Crippen LogP contribution in [-0.4, -0.2) is 14.8 Å². The van der Waals surface area contributed by atoms with Crippen LogP contribution in [0.3, 0.4) is 0 Å². The van der Waals surface area contributed by atoms with Crippen molar-refractivity contribution in [3.8, 4) is 0 Å². The topological polar surface area (TPSA) is 42.7 Å². The van der Waals surface area contributed by atoms with Crippen molar-refractivity contribution in [2.24, 2.45) is 0 Å². The van der Waals surface area contributed by atoms with Crippen LogP contribution in [0.1, 0.15) is 25.5 Å². The zero-order valence-electron chi connectivity index (χ0n) is 10.3. The molecule has 0 aliphatic heterocycles. The Morgan fingerprint density at radius 3 is 2.50 bits per heavy atom. The van der Waals surface area contributed by atoms with E-state index in [1.54, 1.807) is 0 Å². The van der Waals surface area contributed by atoms with Crippen LogP contribution in [0.25, 0.3) is 0 Å². The van der Waals surface area contributed by atoms with Gasteiger partial charge in [-0.1, -0.05) is 23.2 Å². The highest BCUT2D eigenvalue weighted by molar-refractivity contribution is 7.20. The number of nitrogens with one attached hydrogen (secondary N) is 1. The Hall–Kier alpha value is -0.990. The first-order valence-corrected chi connectivity index (χ1v) is 7.00. The largest absolute Gasteiger partial charge is 0.420 e. The maximum absolute atomic E-state index is 13.0. The van der Waals surface area contributed by atoms with Crippen LogP contribution >= 0.6 is 34.5 Å². The van der Waals surface area contributed by atoms with Gasteiger partial charge in [0, 0.05) is 0 Å². The molecule has 0 bridgehead atoms. The highest BCUT2D eigenvalue weighted by Crippen LogP contribution is 2.49. The molecule has 2 rings (SSSR count). The predicted molar refractivity (Wildman–Crippen MR) is 73.0 cm³/mol. The van der Waals surface area contributed by atoms with Gasteiger partial charge in [-0.15, -0.1) is 11.3 Å². The molecule has 0 amide bonds. The van der Waals surface area contributed by atoms with E-state index >= 15 is 0 Å². The first kappa shape index (κ1) is 15.4. The smallest absolute Gasteiger partial charge is 0.322 e. The van der Waals surface area contributed by atoms with E-state index in [-0.39, 0.29) is 22.0 Å². The minimum absolute atomic E-state index is 0.0674. The van der Waals surface area contributed by atoms with Crippen molar-refractivity contribution in [1.82, 2.24) is 14.8 Å². The van der Waals surface area contributed by atoms with Crippen LogP contribution in [0, 0.1) is 0 Å². The average molecular weight is 345 g/mol. The molecular weight excluding hydrogens is 336 g/mol. The minimum atomic E-state index is -4.61. The van der Waals surface area contributed by atoms with E-state index in [0.29, 0.717) is 11.3 Å². The number of nitrogens with zero attached hydrogens (tertiary/aromatic N) is 3. The van der Waals surface area contributed by atoms with Gasteiger partial charge in [-0.25, -0.2) is 4.68 Å². The normalized spacial score (nSPS) is 12.2. The molecule has 0 atom stereocenters. The van der Waals surface area contributed by atoms with Crippen molar-refractivity contribution in [2.75, 3.05) is 5.32 Å². The maximum atomic E-state index is 13.0. The lowest BCUT2D eigenvalue weighted by Gasteiger charge is -2.13. The molecule has 0 saturated heterocycles. The quantitative estimate of drug-likeness (QED) is 0.852. The van der Waals surface area contributed by atoms with Gasteiger partial charge in [0.1, 0.15) is 20.6 Å². The maximum Gasteiger partial charge on any atom is 0.420 e. The predicted octanol–water partition coefficient (Wildman–Crippen LogP) is 4.99. The minimum Gasteiger partial charge on any atom is -0.322 e. The lowest BCUT2D eigenvalue weighted by atomic mass is 10.3. The summed E-state index contributed by atoms with van der Waals surface area (Å²) in [5, 5.41) is 6.49. The third kappa shape index (κ3) is 2.87. The SMILES string of the molecule is CC(C)n1ncnc1Nc1c(Cl)sc(Cl)c1C(F)(F)F. The molecule has 0 saturated carbocycles. The Morgan fingerprint density at radius 2 is 1.95 bits per heavy atom. The van der Waals surface area contributed by atoms with E-state index in [9.17, 15) is 13.2 Å². The van der Waals surface area contributed by atoms with E-state index in [2.05, 4.69) is 15.4 Å². The van der Waals surface area contributed by atoms with Crippen molar-refractivity contribution in [2.45, 2.75) is 26.1 Å². The number of hydrogen-bond donors (Lipinski definition) is 1. The van der Waals surface area contributed by atoms with Crippen LogP contribution in [0.2, 0.25) is 8.67 Å². The third-order valence-electron chi connectivity index (χ3n) is 2.40. The Morgan fingerprint density at radius 1 is 1.30 bits per heavy atom. The molecule has 2 aromatic rings. The van der Waals surface area contributed by atoms with Crippen LogP contribution < -0.4 is 5.32 Å². The summed E-state index contributed by atoms with van der Waals surface area (Å²) in [5.74, 6) is 0.168. The second kappa shape index (κ2) is 5.42. The van der Waals surface area contributed by atoms with Crippen LogP contribution in [0.5, 0.6) is 0 Å². The van der Waals surface area contributed by atoms with Crippen LogP contribution in [-0.2, 0) is 6.18 Å². The summed E-state index contributed by atoms with van der Waals surface area (Å²) in [6.45, 7) is 3.65. The molecule has 0 aromatic carbocycles. The molecule has 110 valence electrons. The standard InChI is InChI=1S/C10H9Cl2F3N4S/c1-4(2)19-9(16-3-17-19)18-6-5(10(13,14)15)7(11)20-8(6)12/h3-4H,1-2H3,(H,16,17,18). The van der Waals surface area contributed by atoms with Gasteiger partial charge < -0.3 is 5.32 Å². The second-order valence-corrected chi connectivity index (χ2v) is 6.37. The van der Waals surface area contributed by atoms with Gasteiger partial charge in [-0.05, 0) is 13.8 Å². The molecule has 0 spiro atoms. The summed E-state index contributed by atoms with van der Waals surface area (Å²) >= 11 is 12.1. The van der Waals surface area contributed by atoms with Crippen molar-refractivity contribution in [1.29, 1.82) is 0 Å². The number of anilines is 2. The monoisotopic (exact) mass is 344 g/mol. The molecule has 10 heteroatoms. The van der Waals surface area contributed by atoms with E-state index in [0.717, 1.165) is 0 Å². The van der Waals surface area contributed by atoms with Gasteiger partial charge in [0.05, 0.1) is 11.7 Å². The molecule has 0 aliphatic carbocycles. The summed E-state index contributed by atoms with van der Waals surface area (Å²) in [5.41, 5.74) is -1.29. The van der Waals surface area contributed by atoms with Gasteiger partial charge in [0.2, 0.25) is 5.95 Å². The molecule has 20 heavy (non-hydrogen) atoms. The molecule has 0 unspecified atom stereocenters. The number of alkyl halides is 3. The molecule has 0 radical (unpaired) electrons. The van der Waals surface area contributed by atoms with Crippen molar-refractivity contribution in [3.63, 3.8) is 0 Å². The third-order valence-corrected chi connectivity index (χ3v) is 4.01. The number of hydrogen-bond acceptors (Lipinski definition) is 4. The van der Waals surface area contributed by atoms with Crippen LogP contribution in [0.4, 0.5) is 24.8 Å². The van der Waals surface area contributed by atoms with Gasteiger partial charge in [-0.3, -0.25) is 0 Å². The molecule has 1 N–H and O–H groups in total. The number of rotatable bonds is 3. The fraction of sp³-hybridized carbons (Fsp3) is 0.400. The lowest BCUT2D eigenvalue weighted by Crippen LogP contribution is -2.11. The van der Waals surface area contributed by atoms with E-state index < -0.39 is 16.1 Å². The van der Waals surface area contributed by atoms with E-state index in [4.69, 9.17) is 23.2 Å². The van der Waals surface area contributed by atoms with E-state index in [1.807, 2.05) is 13.8 Å². The summed E-state index contributed by atoms with van der Waals surface area (Å²) in [6, 6.07) is -0.0674. The van der Waals surface area contributed by atoms with Crippen LogP contribution in [0.15, 0.2) is 6.33 Å². The molecule has 2 aromatic heterocycles. The molecule has 2 heterocycles. The Balaban J connectivity index is 2.46. The molecular formula is C10H9Cl2F3N4S. The van der Waals surface area contributed by atoms with Gasteiger partial charge in [0.15, 0.2) is 0 Å². The highest BCUT2D eigenvalue weighted by Gasteiger charge is 2.39. The molecule has 0 aliphatic rings. The molecule has 0 fully saturated rings. The van der Waals surface area contributed by atoms with Gasteiger partial charge >= 0.3 is 6.18 Å². The van der Waals surface area contributed by atoms with Crippen molar-refractivity contribution >= 4 is 46.2 Å². The number of aromatic nitrogens is 3. The second-order valence-electron chi connectivity index (χ2n) is 4.14. The zero-order valence-corrected chi connectivity index (χ0v) is 12.6. The highest BCUT2D eigenvalue weighted by atomic mass is 35.5. The van der Waals surface area contributed by atoms with E-state index in [1.165, 1.54) is 11.0 Å². The average Bonchev–Trinajstić information content (AvgIpc) is 2.83. The Kier molecular flexibility index (Phi) is 4.17. The Bertz CT molecular complexity index is 621. The fourth-order valence-electron chi connectivity index (χ4n) is 1.57. The first-order valence-electron chi connectivity index (χ1n) is 5.43. The summed E-state index contributed by atoms with van der Waals surface area (Å²) in [6.07, 6.45) is -3.36.